The van der Waals surface area contributed by atoms with Gasteiger partial charge in [-0.15, -0.1) is 0 Å². The predicted octanol–water partition coefficient (Wildman–Crippen LogP) is 6.23. The van der Waals surface area contributed by atoms with Gasteiger partial charge < -0.3 is 20.5 Å². The van der Waals surface area contributed by atoms with Crippen molar-refractivity contribution in [3.05, 3.63) is 88.9 Å². The van der Waals surface area contributed by atoms with E-state index in [9.17, 15) is 5.26 Å². The number of pyridine rings is 1. The van der Waals surface area contributed by atoms with Crippen LogP contribution in [0, 0.1) is 18.3 Å². The Morgan fingerprint density at radius 3 is 2.78 bits per heavy atom. The van der Waals surface area contributed by atoms with E-state index in [0.29, 0.717) is 5.56 Å². The number of fused-ring (bicyclic) bond motifs is 1. The predicted molar refractivity (Wildman–Crippen MR) is 153 cm³/mol. The lowest BCUT2D eigenvalue weighted by atomic mass is 10.1. The van der Waals surface area contributed by atoms with E-state index in [-0.39, 0.29) is 0 Å². The minimum atomic E-state index is 0.515. The highest BCUT2D eigenvalue weighted by atomic mass is 15.1. The van der Waals surface area contributed by atoms with E-state index >= 15 is 0 Å². The van der Waals surface area contributed by atoms with E-state index in [4.69, 9.17) is 0 Å². The quantitative estimate of drug-likeness (QED) is 0.242. The number of aryl methyl sites for hydroxylation is 1. The Kier molecular flexibility index (Phi) is 7.65. The normalized spacial score (nSPS) is 16.0. The zero-order valence-corrected chi connectivity index (χ0v) is 21.6. The van der Waals surface area contributed by atoms with Crippen LogP contribution >= 0.6 is 0 Å². The number of aromatic nitrogens is 2. The zero-order chi connectivity index (χ0) is 25.6. The van der Waals surface area contributed by atoms with Gasteiger partial charge in [0.05, 0.1) is 11.3 Å². The molecule has 188 valence electrons. The Hall–Kier alpha value is -3.92. The van der Waals surface area contributed by atoms with Crippen LogP contribution in [0.4, 0.5) is 11.4 Å². The van der Waals surface area contributed by atoms with Crippen LogP contribution in [-0.2, 0) is 6.54 Å². The molecule has 6 heteroatoms. The maximum absolute atomic E-state index is 9.74. The highest BCUT2D eigenvalue weighted by molar-refractivity contribution is 5.90. The van der Waals surface area contributed by atoms with Crippen LogP contribution in [0.25, 0.3) is 23.1 Å². The van der Waals surface area contributed by atoms with Gasteiger partial charge in [-0.05, 0) is 81.2 Å². The first-order valence-corrected chi connectivity index (χ1v) is 13.0. The molecular formula is C31H34N6. The first-order valence-electron chi connectivity index (χ1n) is 13.0. The van der Waals surface area contributed by atoms with E-state index in [1.165, 1.54) is 31.4 Å². The van der Waals surface area contributed by atoms with Gasteiger partial charge in [0.2, 0.25) is 0 Å². The highest BCUT2D eigenvalue weighted by Crippen LogP contribution is 2.31. The summed E-state index contributed by atoms with van der Waals surface area (Å²) in [6.45, 7) is 5.25. The number of likely N-dealkylation sites (tertiary alicyclic amines) is 1. The van der Waals surface area contributed by atoms with Crippen LogP contribution in [0.5, 0.6) is 0 Å². The van der Waals surface area contributed by atoms with Crippen LogP contribution in [0.2, 0.25) is 0 Å². The molecule has 37 heavy (non-hydrogen) atoms. The van der Waals surface area contributed by atoms with Gasteiger partial charge in [-0.1, -0.05) is 36.4 Å². The first-order chi connectivity index (χ1) is 18.1. The molecule has 1 atom stereocenters. The SMILES string of the molecule is Cc1c(Nc2c(C#N)cncc2/C=C/c2ccc(CNCCC3CCCN3C)cc2)ccc2[nH]ccc12. The van der Waals surface area contributed by atoms with E-state index in [1.807, 2.05) is 18.3 Å². The monoisotopic (exact) mass is 490 g/mol. The lowest BCUT2D eigenvalue weighted by molar-refractivity contribution is 0.293. The van der Waals surface area contributed by atoms with Crippen molar-refractivity contribution >= 4 is 34.4 Å². The summed E-state index contributed by atoms with van der Waals surface area (Å²) >= 11 is 0. The van der Waals surface area contributed by atoms with Gasteiger partial charge in [0.15, 0.2) is 0 Å². The number of benzene rings is 2. The van der Waals surface area contributed by atoms with Gasteiger partial charge in [0, 0.05) is 53.3 Å². The standard InChI is InChI=1S/C31H34N6/c1-22-28-14-16-35-30(28)12-11-29(22)36-31-25(20-34-21-26(31)18-32)10-9-23-5-7-24(8-6-23)19-33-15-13-27-4-3-17-37(27)2/h5-12,14,16,20-21,27,33,35H,3-4,13,15,17,19H2,1-2H3,(H,34,36)/b10-9+. The molecule has 2 aromatic carbocycles. The molecule has 0 saturated carbocycles. The van der Waals surface area contributed by atoms with Crippen LogP contribution in [0.15, 0.2) is 61.1 Å². The average molecular weight is 491 g/mol. The number of H-pyrrole nitrogens is 1. The third-order valence-electron chi connectivity index (χ3n) is 7.45. The number of rotatable bonds is 9. The maximum atomic E-state index is 9.74. The summed E-state index contributed by atoms with van der Waals surface area (Å²) in [6, 6.07) is 17.8. The lowest BCUT2D eigenvalue weighted by Crippen LogP contribution is -2.28. The molecule has 1 fully saturated rings. The molecule has 0 bridgehead atoms. The molecule has 3 N–H and O–H groups in total. The fourth-order valence-corrected chi connectivity index (χ4v) is 5.16. The van der Waals surface area contributed by atoms with Crippen LogP contribution < -0.4 is 10.6 Å². The molecule has 0 radical (unpaired) electrons. The molecule has 1 unspecified atom stereocenters. The number of nitrogens with zero attached hydrogens (tertiary/aromatic N) is 3. The minimum absolute atomic E-state index is 0.515. The molecule has 2 aromatic heterocycles. The Labute approximate surface area is 219 Å². The van der Waals surface area contributed by atoms with Gasteiger partial charge in [-0.25, -0.2) is 0 Å². The Balaban J connectivity index is 1.25. The number of nitrogens with one attached hydrogen (secondary N) is 3. The molecule has 1 aliphatic heterocycles. The van der Waals surface area contributed by atoms with Gasteiger partial charge in [0.1, 0.15) is 6.07 Å². The smallest absolute Gasteiger partial charge is 0.103 e. The summed E-state index contributed by atoms with van der Waals surface area (Å²) in [5.74, 6) is 0. The molecule has 4 aromatic rings. The summed E-state index contributed by atoms with van der Waals surface area (Å²) in [4.78, 5) is 10.0. The minimum Gasteiger partial charge on any atom is -0.361 e. The topological polar surface area (TPSA) is 79.8 Å². The van der Waals surface area contributed by atoms with Crippen molar-refractivity contribution in [2.24, 2.45) is 0 Å². The fourth-order valence-electron chi connectivity index (χ4n) is 5.16. The van der Waals surface area contributed by atoms with E-state index in [2.05, 4.69) is 88.0 Å². The van der Waals surface area contributed by atoms with Crippen molar-refractivity contribution in [1.29, 1.82) is 5.26 Å². The fraction of sp³-hybridized carbons (Fsp3) is 0.290. The van der Waals surface area contributed by atoms with Crippen LogP contribution in [0.1, 0.15) is 47.1 Å². The molecule has 1 aliphatic rings. The van der Waals surface area contributed by atoms with Crippen LogP contribution in [0.3, 0.4) is 0 Å². The largest absolute Gasteiger partial charge is 0.361 e. The van der Waals surface area contributed by atoms with Gasteiger partial charge >= 0.3 is 0 Å². The van der Waals surface area contributed by atoms with Gasteiger partial charge in [0.25, 0.3) is 0 Å². The summed E-state index contributed by atoms with van der Waals surface area (Å²) < 4.78 is 0. The average Bonchev–Trinajstić information content (AvgIpc) is 3.57. The summed E-state index contributed by atoms with van der Waals surface area (Å²) in [5, 5.41) is 18.0. The van der Waals surface area contributed by atoms with Gasteiger partial charge in [-0.2, -0.15) is 5.26 Å². The highest BCUT2D eigenvalue weighted by Gasteiger charge is 2.19. The lowest BCUT2D eigenvalue weighted by Gasteiger charge is -2.19. The maximum Gasteiger partial charge on any atom is 0.103 e. The van der Waals surface area contributed by atoms with E-state index < -0.39 is 0 Å². The third-order valence-corrected chi connectivity index (χ3v) is 7.45. The number of hydrogen-bond acceptors (Lipinski definition) is 5. The summed E-state index contributed by atoms with van der Waals surface area (Å²) in [5.41, 5.74) is 7.74. The second-order valence-corrected chi connectivity index (χ2v) is 9.88. The van der Waals surface area contributed by atoms with Crippen molar-refractivity contribution < 1.29 is 0 Å². The van der Waals surface area contributed by atoms with Crippen molar-refractivity contribution in [2.75, 3.05) is 25.5 Å². The van der Waals surface area contributed by atoms with Crippen molar-refractivity contribution in [3.63, 3.8) is 0 Å². The molecule has 3 heterocycles. The zero-order valence-electron chi connectivity index (χ0n) is 21.6. The van der Waals surface area contributed by atoms with Crippen LogP contribution in [-0.4, -0.2) is 41.0 Å². The summed E-state index contributed by atoms with van der Waals surface area (Å²) in [7, 11) is 2.24. The second kappa shape index (κ2) is 11.4. The van der Waals surface area contributed by atoms with E-state index in [1.54, 1.807) is 12.4 Å². The number of nitriles is 1. The number of aromatic amines is 1. The van der Waals surface area contributed by atoms with E-state index in [0.717, 1.165) is 58.1 Å². The molecule has 0 aliphatic carbocycles. The second-order valence-electron chi connectivity index (χ2n) is 9.88. The van der Waals surface area contributed by atoms with Gasteiger partial charge in [-0.3, -0.25) is 4.98 Å². The molecule has 5 rings (SSSR count). The van der Waals surface area contributed by atoms with Crippen molar-refractivity contribution in [2.45, 2.75) is 38.8 Å². The molecular weight excluding hydrogens is 456 g/mol. The van der Waals surface area contributed by atoms with Crippen molar-refractivity contribution in [3.8, 4) is 6.07 Å². The number of hydrogen-bond donors (Lipinski definition) is 3. The Morgan fingerprint density at radius 2 is 2.00 bits per heavy atom. The third kappa shape index (κ3) is 5.75. The first kappa shape index (κ1) is 24.8. The van der Waals surface area contributed by atoms with Crippen molar-refractivity contribution in [1.82, 2.24) is 20.2 Å². The molecule has 6 nitrogen and oxygen atoms in total. The molecule has 1 saturated heterocycles. The number of anilines is 2. The summed E-state index contributed by atoms with van der Waals surface area (Å²) in [6.07, 6.45) is 13.3. The Morgan fingerprint density at radius 1 is 1.14 bits per heavy atom. The molecule has 0 amide bonds. The Bertz CT molecular complexity index is 1430. The molecule has 0 spiro atoms.